The summed E-state index contributed by atoms with van der Waals surface area (Å²) in [4.78, 5) is 24.3. The van der Waals surface area contributed by atoms with E-state index in [1.54, 1.807) is 0 Å². The molecule has 194 valence electrons. The highest BCUT2D eigenvalue weighted by atomic mass is 16.5. The van der Waals surface area contributed by atoms with Crippen LogP contribution in [0.5, 0.6) is 0 Å². The Hall–Kier alpha value is -1.06. The summed E-state index contributed by atoms with van der Waals surface area (Å²) >= 11 is 0. The van der Waals surface area contributed by atoms with Crippen molar-refractivity contribution >= 4 is 11.9 Å². The van der Waals surface area contributed by atoms with Crippen LogP contribution < -0.4 is 0 Å². The quantitative estimate of drug-likeness (QED) is 0.153. The smallest absolute Gasteiger partial charge is 0.310 e. The van der Waals surface area contributed by atoms with Gasteiger partial charge in [-0.3, -0.25) is 9.59 Å². The molecule has 0 aromatic carbocycles. The third kappa shape index (κ3) is 14.7. The van der Waals surface area contributed by atoms with Crippen molar-refractivity contribution in [2.45, 2.75) is 149 Å². The number of rotatable bonds is 19. The normalized spacial score (nSPS) is 19.7. The number of hydrogen-bond donors (Lipinski definition) is 1. The van der Waals surface area contributed by atoms with E-state index in [1.807, 2.05) is 0 Å². The van der Waals surface area contributed by atoms with Crippen molar-refractivity contribution in [2.75, 3.05) is 0 Å². The summed E-state index contributed by atoms with van der Waals surface area (Å²) in [6, 6.07) is 0. The average molecular weight is 467 g/mol. The fraction of sp³-hybridized carbons (Fsp3) is 0.931. The summed E-state index contributed by atoms with van der Waals surface area (Å²) in [6.45, 7) is 8.94. The lowest BCUT2D eigenvalue weighted by atomic mass is 9.79. The molecule has 0 heterocycles. The minimum absolute atomic E-state index is 0.0652. The Bertz CT molecular complexity index is 514. The molecule has 1 N–H and O–H groups in total. The summed E-state index contributed by atoms with van der Waals surface area (Å²) in [5.74, 6) is -0.819. The van der Waals surface area contributed by atoms with Gasteiger partial charge >= 0.3 is 11.9 Å². The Morgan fingerprint density at radius 1 is 0.697 bits per heavy atom. The molecule has 0 spiro atoms. The molecule has 4 heteroatoms. The number of aliphatic carboxylic acids is 1. The zero-order chi connectivity index (χ0) is 24.5. The summed E-state index contributed by atoms with van der Waals surface area (Å²) in [5, 5.41) is 9.47. The Morgan fingerprint density at radius 2 is 1.15 bits per heavy atom. The molecule has 3 atom stereocenters. The molecule has 0 radical (unpaired) electrons. The van der Waals surface area contributed by atoms with Crippen LogP contribution in [0.15, 0.2) is 0 Å². The maximum absolute atomic E-state index is 12.8. The zero-order valence-electron chi connectivity index (χ0n) is 22.3. The molecule has 0 saturated heterocycles. The van der Waals surface area contributed by atoms with Crippen molar-refractivity contribution in [2.24, 2.45) is 23.7 Å². The summed E-state index contributed by atoms with van der Waals surface area (Å²) in [6.07, 6.45) is 20.7. The molecule has 4 nitrogen and oxygen atoms in total. The molecule has 0 aromatic heterocycles. The lowest BCUT2D eigenvalue weighted by Crippen LogP contribution is -2.35. The summed E-state index contributed by atoms with van der Waals surface area (Å²) < 4.78 is 5.89. The molecular weight excluding hydrogens is 412 g/mol. The molecule has 1 rings (SSSR count). The maximum Gasteiger partial charge on any atom is 0.310 e. The number of ether oxygens (including phenoxy) is 1. The second-order valence-corrected chi connectivity index (χ2v) is 11.4. The van der Waals surface area contributed by atoms with Crippen LogP contribution in [0.4, 0.5) is 0 Å². The number of carboxylic acid groups (broad SMARTS) is 1. The first kappa shape index (κ1) is 30.0. The zero-order valence-corrected chi connectivity index (χ0v) is 22.3. The lowest BCUT2D eigenvalue weighted by Gasteiger charge is -2.29. The van der Waals surface area contributed by atoms with Gasteiger partial charge in [-0.05, 0) is 43.9 Å². The number of carboxylic acids is 1. The second-order valence-electron chi connectivity index (χ2n) is 11.4. The van der Waals surface area contributed by atoms with Gasteiger partial charge < -0.3 is 9.84 Å². The molecule has 1 aliphatic carbocycles. The van der Waals surface area contributed by atoms with Gasteiger partial charge in [0.05, 0.1) is 11.8 Å². The van der Waals surface area contributed by atoms with Gasteiger partial charge in [-0.25, -0.2) is 0 Å². The number of hydrogen-bond acceptors (Lipinski definition) is 3. The number of carbonyl (C=O) groups is 2. The molecule has 1 fully saturated rings. The van der Waals surface area contributed by atoms with E-state index >= 15 is 0 Å². The SMILES string of the molecule is CC(C)CCCCCCCCCCCCCC(CC(C)C)OC(=O)C1CCCCC1C(=O)O. The van der Waals surface area contributed by atoms with Gasteiger partial charge in [0.15, 0.2) is 0 Å². The minimum atomic E-state index is -0.844. The Morgan fingerprint density at radius 3 is 1.61 bits per heavy atom. The van der Waals surface area contributed by atoms with Gasteiger partial charge in [0.1, 0.15) is 6.10 Å². The third-order valence-electron chi connectivity index (χ3n) is 7.21. The molecule has 0 aliphatic heterocycles. The van der Waals surface area contributed by atoms with Crippen molar-refractivity contribution in [3.63, 3.8) is 0 Å². The van der Waals surface area contributed by atoms with E-state index in [1.165, 1.54) is 70.6 Å². The first-order valence-corrected chi connectivity index (χ1v) is 14.2. The Kier molecular flexibility index (Phi) is 16.6. The fourth-order valence-corrected chi connectivity index (χ4v) is 5.23. The summed E-state index contributed by atoms with van der Waals surface area (Å²) in [5.41, 5.74) is 0. The van der Waals surface area contributed by atoms with Crippen molar-refractivity contribution < 1.29 is 19.4 Å². The van der Waals surface area contributed by atoms with Crippen LogP contribution in [-0.2, 0) is 14.3 Å². The molecule has 1 saturated carbocycles. The predicted octanol–water partition coefficient (Wildman–Crippen LogP) is 8.56. The van der Waals surface area contributed by atoms with Crippen molar-refractivity contribution in [1.29, 1.82) is 0 Å². The predicted molar refractivity (Wildman–Crippen MR) is 137 cm³/mol. The molecule has 0 amide bonds. The van der Waals surface area contributed by atoms with Crippen molar-refractivity contribution in [3.8, 4) is 0 Å². The van der Waals surface area contributed by atoms with Crippen LogP contribution in [0.2, 0.25) is 0 Å². The molecule has 0 aromatic rings. The van der Waals surface area contributed by atoms with Gasteiger partial charge in [-0.1, -0.05) is 111 Å². The number of carbonyl (C=O) groups excluding carboxylic acids is 1. The van der Waals surface area contributed by atoms with E-state index in [0.717, 1.165) is 38.0 Å². The van der Waals surface area contributed by atoms with Crippen LogP contribution in [-0.4, -0.2) is 23.1 Å². The Labute approximate surface area is 204 Å². The first-order valence-electron chi connectivity index (χ1n) is 14.2. The van der Waals surface area contributed by atoms with Crippen molar-refractivity contribution in [1.82, 2.24) is 0 Å². The minimum Gasteiger partial charge on any atom is -0.481 e. The van der Waals surface area contributed by atoms with Crippen LogP contribution in [0.25, 0.3) is 0 Å². The summed E-state index contributed by atoms with van der Waals surface area (Å²) in [7, 11) is 0. The standard InChI is InChI=1S/C29H54O4/c1-23(2)18-14-12-10-8-6-5-7-9-11-13-15-19-25(22-24(3)4)33-29(32)27-21-17-16-20-26(27)28(30)31/h23-27H,5-22H2,1-4H3,(H,30,31). The van der Waals surface area contributed by atoms with Crippen LogP contribution in [0.1, 0.15) is 143 Å². The van der Waals surface area contributed by atoms with Crippen molar-refractivity contribution in [3.05, 3.63) is 0 Å². The van der Waals surface area contributed by atoms with Gasteiger partial charge in [0.2, 0.25) is 0 Å². The lowest BCUT2D eigenvalue weighted by molar-refractivity contribution is -0.164. The molecule has 0 bridgehead atoms. The first-order chi connectivity index (χ1) is 15.8. The monoisotopic (exact) mass is 466 g/mol. The van der Waals surface area contributed by atoms with Gasteiger partial charge in [0.25, 0.3) is 0 Å². The Balaban J connectivity index is 2.16. The van der Waals surface area contributed by atoms with Gasteiger partial charge in [0, 0.05) is 0 Å². The molecule has 3 unspecified atom stereocenters. The van der Waals surface area contributed by atoms with E-state index in [0.29, 0.717) is 18.8 Å². The molecule has 1 aliphatic rings. The van der Waals surface area contributed by atoms with Crippen LogP contribution in [0.3, 0.4) is 0 Å². The average Bonchev–Trinajstić information content (AvgIpc) is 2.76. The maximum atomic E-state index is 12.8. The highest BCUT2D eigenvalue weighted by molar-refractivity contribution is 5.81. The highest BCUT2D eigenvalue weighted by Crippen LogP contribution is 2.32. The highest BCUT2D eigenvalue weighted by Gasteiger charge is 2.37. The van der Waals surface area contributed by atoms with Gasteiger partial charge in [-0.15, -0.1) is 0 Å². The topological polar surface area (TPSA) is 63.6 Å². The van der Waals surface area contributed by atoms with E-state index in [2.05, 4.69) is 27.7 Å². The molecular formula is C29H54O4. The van der Waals surface area contributed by atoms with E-state index < -0.39 is 17.8 Å². The largest absolute Gasteiger partial charge is 0.481 e. The van der Waals surface area contributed by atoms with E-state index in [4.69, 9.17) is 4.74 Å². The second kappa shape index (κ2) is 18.3. The fourth-order valence-electron chi connectivity index (χ4n) is 5.23. The van der Waals surface area contributed by atoms with Gasteiger partial charge in [-0.2, -0.15) is 0 Å². The van der Waals surface area contributed by atoms with E-state index in [-0.39, 0.29) is 12.1 Å². The van der Waals surface area contributed by atoms with Crippen LogP contribution >= 0.6 is 0 Å². The third-order valence-corrected chi connectivity index (χ3v) is 7.21. The van der Waals surface area contributed by atoms with E-state index in [9.17, 15) is 14.7 Å². The molecule has 33 heavy (non-hydrogen) atoms. The van der Waals surface area contributed by atoms with Crippen LogP contribution in [0, 0.1) is 23.7 Å². The number of unbranched alkanes of at least 4 members (excludes halogenated alkanes) is 10. The number of esters is 1.